The van der Waals surface area contributed by atoms with Crippen molar-refractivity contribution in [3.8, 4) is 0 Å². The molecule has 0 saturated carbocycles. The van der Waals surface area contributed by atoms with Crippen molar-refractivity contribution >= 4 is 17.5 Å². The van der Waals surface area contributed by atoms with Crippen LogP contribution in [0.15, 0.2) is 30.3 Å². The molecule has 5 nitrogen and oxygen atoms in total. The van der Waals surface area contributed by atoms with Gasteiger partial charge in [0.05, 0.1) is 6.04 Å². The van der Waals surface area contributed by atoms with Crippen LogP contribution in [0.4, 0.5) is 5.69 Å². The first-order valence-corrected chi connectivity index (χ1v) is 8.18. The molecule has 0 heterocycles. The Hall–Kier alpha value is -1.88. The van der Waals surface area contributed by atoms with E-state index >= 15 is 0 Å². The minimum Gasteiger partial charge on any atom is -0.343 e. The van der Waals surface area contributed by atoms with E-state index in [1.807, 2.05) is 58.0 Å². The van der Waals surface area contributed by atoms with E-state index in [1.54, 1.807) is 7.05 Å². The number of anilines is 1. The average molecular weight is 319 g/mol. The molecule has 3 N–H and O–H groups in total. The van der Waals surface area contributed by atoms with Gasteiger partial charge in [-0.2, -0.15) is 0 Å². The van der Waals surface area contributed by atoms with Crippen LogP contribution >= 0.6 is 0 Å². The number of nitrogens with one attached hydrogen (secondary N) is 3. The van der Waals surface area contributed by atoms with Gasteiger partial charge in [-0.3, -0.25) is 9.59 Å². The first kappa shape index (κ1) is 19.2. The number of amides is 2. The van der Waals surface area contributed by atoms with Crippen LogP contribution in [0.2, 0.25) is 0 Å². The van der Waals surface area contributed by atoms with Crippen LogP contribution in [0.5, 0.6) is 0 Å². The molecule has 0 aromatic heterocycles. The highest BCUT2D eigenvalue weighted by Gasteiger charge is 2.27. The van der Waals surface area contributed by atoms with E-state index in [9.17, 15) is 9.59 Å². The molecule has 0 aliphatic rings. The quantitative estimate of drug-likeness (QED) is 0.689. The van der Waals surface area contributed by atoms with Gasteiger partial charge in [-0.1, -0.05) is 45.9 Å². The van der Waals surface area contributed by atoms with Crippen LogP contribution in [0, 0.1) is 11.8 Å². The van der Waals surface area contributed by atoms with Crippen LogP contribution < -0.4 is 16.0 Å². The maximum absolute atomic E-state index is 12.5. The van der Waals surface area contributed by atoms with E-state index in [0.717, 1.165) is 5.69 Å². The minimum absolute atomic E-state index is 0.142. The van der Waals surface area contributed by atoms with Gasteiger partial charge >= 0.3 is 0 Å². The second-order valence-corrected chi connectivity index (χ2v) is 6.56. The van der Waals surface area contributed by atoms with Gasteiger partial charge < -0.3 is 16.0 Å². The van der Waals surface area contributed by atoms with Gasteiger partial charge in [-0.05, 0) is 37.4 Å². The van der Waals surface area contributed by atoms with Crippen LogP contribution in [0.25, 0.3) is 0 Å². The third-order valence-corrected chi connectivity index (χ3v) is 3.64. The molecule has 0 aliphatic carbocycles. The fourth-order valence-electron chi connectivity index (χ4n) is 2.48. The molecule has 0 aliphatic heterocycles. The zero-order valence-corrected chi connectivity index (χ0v) is 14.7. The summed E-state index contributed by atoms with van der Waals surface area (Å²) in [7, 11) is 1.76. The molecule has 1 rings (SSSR count). The van der Waals surface area contributed by atoms with Crippen molar-refractivity contribution in [2.45, 2.75) is 46.2 Å². The first-order chi connectivity index (χ1) is 10.8. The van der Waals surface area contributed by atoms with E-state index in [0.29, 0.717) is 12.3 Å². The number of rotatable bonds is 8. The third kappa shape index (κ3) is 6.40. The number of para-hydroxylation sites is 1. The van der Waals surface area contributed by atoms with Crippen molar-refractivity contribution in [2.75, 3.05) is 12.4 Å². The zero-order chi connectivity index (χ0) is 17.4. The second kappa shape index (κ2) is 9.30. The topological polar surface area (TPSA) is 70.2 Å². The van der Waals surface area contributed by atoms with Crippen LogP contribution in [0.3, 0.4) is 0 Å². The van der Waals surface area contributed by atoms with Crippen molar-refractivity contribution in [2.24, 2.45) is 11.8 Å². The molecule has 1 aromatic rings. The smallest absolute Gasteiger partial charge is 0.246 e. The molecule has 1 aromatic carbocycles. The van der Waals surface area contributed by atoms with E-state index in [1.165, 1.54) is 0 Å². The standard InChI is InChI=1S/C18H29N3O2/c1-12(2)11-15(21-18(23)16(19-5)13(3)4)17(22)20-14-9-7-6-8-10-14/h6-10,12-13,15-16,19H,11H2,1-5H3,(H,20,22)(H,21,23)/t15-,16-/m0/s1. The number of hydrogen-bond acceptors (Lipinski definition) is 3. The summed E-state index contributed by atoms with van der Waals surface area (Å²) >= 11 is 0. The molecule has 0 unspecified atom stereocenters. The molecular formula is C18H29N3O2. The Morgan fingerprint density at radius 1 is 1.00 bits per heavy atom. The molecule has 2 atom stereocenters. The van der Waals surface area contributed by atoms with Gasteiger partial charge in [0.2, 0.25) is 11.8 Å². The first-order valence-electron chi connectivity index (χ1n) is 8.18. The molecule has 0 bridgehead atoms. The number of carbonyl (C=O) groups is 2. The average Bonchev–Trinajstić information content (AvgIpc) is 2.47. The molecule has 5 heteroatoms. The van der Waals surface area contributed by atoms with E-state index in [-0.39, 0.29) is 23.8 Å². The lowest BCUT2D eigenvalue weighted by atomic mass is 10.00. The second-order valence-electron chi connectivity index (χ2n) is 6.56. The monoisotopic (exact) mass is 319 g/mol. The van der Waals surface area contributed by atoms with Crippen molar-refractivity contribution < 1.29 is 9.59 Å². The van der Waals surface area contributed by atoms with Gasteiger partial charge in [0.15, 0.2) is 0 Å². The molecular weight excluding hydrogens is 290 g/mol. The van der Waals surface area contributed by atoms with Gasteiger partial charge in [-0.15, -0.1) is 0 Å². The maximum atomic E-state index is 12.5. The Labute approximate surface area is 139 Å². The molecule has 23 heavy (non-hydrogen) atoms. The van der Waals surface area contributed by atoms with Crippen molar-refractivity contribution in [3.63, 3.8) is 0 Å². The molecule has 0 fully saturated rings. The lowest BCUT2D eigenvalue weighted by molar-refractivity contribution is -0.128. The van der Waals surface area contributed by atoms with Crippen molar-refractivity contribution in [3.05, 3.63) is 30.3 Å². The number of hydrogen-bond donors (Lipinski definition) is 3. The highest BCUT2D eigenvalue weighted by molar-refractivity contribution is 5.97. The summed E-state index contributed by atoms with van der Waals surface area (Å²) < 4.78 is 0. The Balaban J connectivity index is 2.79. The summed E-state index contributed by atoms with van der Waals surface area (Å²) in [6.07, 6.45) is 0.596. The summed E-state index contributed by atoms with van der Waals surface area (Å²) in [5, 5.41) is 8.76. The Morgan fingerprint density at radius 2 is 1.61 bits per heavy atom. The largest absolute Gasteiger partial charge is 0.343 e. The summed E-state index contributed by atoms with van der Waals surface area (Å²) in [4.78, 5) is 24.9. The van der Waals surface area contributed by atoms with Gasteiger partial charge in [0.1, 0.15) is 6.04 Å². The molecule has 0 spiro atoms. The van der Waals surface area contributed by atoms with Crippen LogP contribution in [0.1, 0.15) is 34.1 Å². The van der Waals surface area contributed by atoms with E-state index in [2.05, 4.69) is 16.0 Å². The minimum atomic E-state index is -0.544. The molecule has 0 radical (unpaired) electrons. The predicted octanol–water partition coefficient (Wildman–Crippen LogP) is 2.40. The third-order valence-electron chi connectivity index (χ3n) is 3.64. The lowest BCUT2D eigenvalue weighted by Gasteiger charge is -2.25. The summed E-state index contributed by atoms with van der Waals surface area (Å²) in [6.45, 7) is 8.02. The number of likely N-dealkylation sites (N-methyl/N-ethyl adjacent to an activating group) is 1. The van der Waals surface area contributed by atoms with Crippen molar-refractivity contribution in [1.29, 1.82) is 0 Å². The lowest BCUT2D eigenvalue weighted by Crippen LogP contribution is -2.52. The Morgan fingerprint density at radius 3 is 2.09 bits per heavy atom. The Bertz CT molecular complexity index is 500. The van der Waals surface area contributed by atoms with E-state index < -0.39 is 6.04 Å². The fourth-order valence-corrected chi connectivity index (χ4v) is 2.48. The van der Waals surface area contributed by atoms with Gasteiger partial charge in [-0.25, -0.2) is 0 Å². The SMILES string of the molecule is CN[C@H](C(=O)N[C@@H](CC(C)C)C(=O)Nc1ccccc1)C(C)C. The van der Waals surface area contributed by atoms with E-state index in [4.69, 9.17) is 0 Å². The molecule has 128 valence electrons. The summed E-state index contributed by atoms with van der Waals surface area (Å²) in [6, 6.07) is 8.42. The zero-order valence-electron chi connectivity index (χ0n) is 14.7. The molecule has 2 amide bonds. The Kier molecular flexibility index (Phi) is 7.75. The van der Waals surface area contributed by atoms with Crippen LogP contribution in [-0.2, 0) is 9.59 Å². The normalized spacial score (nSPS) is 13.7. The molecule has 0 saturated heterocycles. The van der Waals surface area contributed by atoms with Gasteiger partial charge in [0.25, 0.3) is 0 Å². The predicted molar refractivity (Wildman–Crippen MR) is 94.1 cm³/mol. The highest BCUT2D eigenvalue weighted by atomic mass is 16.2. The van der Waals surface area contributed by atoms with Crippen molar-refractivity contribution in [1.82, 2.24) is 10.6 Å². The summed E-state index contributed by atoms with van der Waals surface area (Å²) in [5.41, 5.74) is 0.731. The van der Waals surface area contributed by atoms with Gasteiger partial charge in [0, 0.05) is 5.69 Å². The maximum Gasteiger partial charge on any atom is 0.246 e. The summed E-state index contributed by atoms with van der Waals surface area (Å²) in [5.74, 6) is 0.124. The fraction of sp³-hybridized carbons (Fsp3) is 0.556. The number of carbonyl (C=O) groups excluding carboxylic acids is 2. The highest BCUT2D eigenvalue weighted by Crippen LogP contribution is 2.11. The number of benzene rings is 1. The van der Waals surface area contributed by atoms with Crippen LogP contribution in [-0.4, -0.2) is 30.9 Å².